The third kappa shape index (κ3) is 6.59. The van der Waals surface area contributed by atoms with Gasteiger partial charge in [0.1, 0.15) is 12.4 Å². The Balaban J connectivity index is 0.00000243. The first-order valence-corrected chi connectivity index (χ1v) is 9.24. The zero-order valence-electron chi connectivity index (χ0n) is 15.7. The molecule has 0 radical (unpaired) electrons. The highest BCUT2D eigenvalue weighted by Gasteiger charge is 2.33. The predicted molar refractivity (Wildman–Crippen MR) is 116 cm³/mol. The monoisotopic (exact) mass is 474 g/mol. The normalized spacial score (nSPS) is 23.1. The second-order valence-corrected chi connectivity index (χ2v) is 6.80. The number of halogens is 1. The van der Waals surface area contributed by atoms with Crippen LogP contribution in [0.4, 0.5) is 0 Å². The molecule has 0 amide bonds. The fraction of sp³-hybridized carbons (Fsp3) is 0.632. The zero-order chi connectivity index (χ0) is 17.5. The number of morpholine rings is 1. The zero-order valence-corrected chi connectivity index (χ0v) is 18.1. The van der Waals surface area contributed by atoms with Crippen LogP contribution in [0.5, 0.6) is 5.75 Å². The maximum Gasteiger partial charge on any atom is 0.191 e. The first-order valence-electron chi connectivity index (χ1n) is 9.24. The maximum atomic E-state index is 6.03. The first-order chi connectivity index (χ1) is 12.3. The number of guanidine groups is 1. The molecule has 2 unspecified atom stereocenters. The largest absolute Gasteiger partial charge is 0.492 e. The van der Waals surface area contributed by atoms with Crippen molar-refractivity contribution in [1.29, 1.82) is 0 Å². The van der Waals surface area contributed by atoms with Gasteiger partial charge in [-0.3, -0.25) is 9.89 Å². The molecular formula is C19H31IN4O2. The summed E-state index contributed by atoms with van der Waals surface area (Å²) in [5.74, 6) is 2.55. The molecule has 7 heteroatoms. The average Bonchev–Trinajstić information content (AvgIpc) is 3.35. The molecular weight excluding hydrogens is 443 g/mol. The number of para-hydroxylation sites is 1. The molecule has 2 aliphatic rings. The number of nitrogens with one attached hydrogen (secondary N) is 2. The highest BCUT2D eigenvalue weighted by molar-refractivity contribution is 14.0. The van der Waals surface area contributed by atoms with E-state index in [0.717, 1.165) is 56.0 Å². The molecule has 6 nitrogen and oxygen atoms in total. The van der Waals surface area contributed by atoms with Gasteiger partial charge in [-0.05, 0) is 18.4 Å². The summed E-state index contributed by atoms with van der Waals surface area (Å²) >= 11 is 0. The summed E-state index contributed by atoms with van der Waals surface area (Å²) in [7, 11) is 1.81. The number of aliphatic imine (C=N–C) groups is 1. The van der Waals surface area contributed by atoms with Gasteiger partial charge >= 0.3 is 0 Å². The molecule has 1 heterocycles. The van der Waals surface area contributed by atoms with Gasteiger partial charge in [-0.2, -0.15) is 0 Å². The number of hydrogen-bond donors (Lipinski definition) is 2. The summed E-state index contributed by atoms with van der Waals surface area (Å²) in [5.41, 5.74) is 1.15. The Kier molecular flexibility index (Phi) is 8.94. The number of benzene rings is 1. The summed E-state index contributed by atoms with van der Waals surface area (Å²) in [4.78, 5) is 6.69. The van der Waals surface area contributed by atoms with Crippen molar-refractivity contribution in [1.82, 2.24) is 15.5 Å². The van der Waals surface area contributed by atoms with E-state index in [9.17, 15) is 0 Å². The highest BCUT2D eigenvalue weighted by atomic mass is 127. The van der Waals surface area contributed by atoms with E-state index < -0.39 is 0 Å². The van der Waals surface area contributed by atoms with Crippen molar-refractivity contribution in [3.8, 4) is 5.75 Å². The third-order valence-corrected chi connectivity index (χ3v) is 4.84. The van der Waals surface area contributed by atoms with Gasteiger partial charge in [0, 0.05) is 44.8 Å². The van der Waals surface area contributed by atoms with Crippen LogP contribution in [0.2, 0.25) is 0 Å². The van der Waals surface area contributed by atoms with Crippen molar-refractivity contribution in [2.75, 3.05) is 46.5 Å². The summed E-state index contributed by atoms with van der Waals surface area (Å²) in [6.45, 7) is 8.23. The van der Waals surface area contributed by atoms with Crippen molar-refractivity contribution in [2.24, 2.45) is 10.9 Å². The Morgan fingerprint density at radius 3 is 2.73 bits per heavy atom. The molecule has 1 aliphatic carbocycles. The van der Waals surface area contributed by atoms with Gasteiger partial charge in [-0.1, -0.05) is 25.1 Å². The predicted octanol–water partition coefficient (Wildman–Crippen LogP) is 2.09. The quantitative estimate of drug-likeness (QED) is 0.360. The second-order valence-electron chi connectivity index (χ2n) is 6.80. The summed E-state index contributed by atoms with van der Waals surface area (Å²) in [6.07, 6.45) is 1.22. The molecule has 1 saturated carbocycles. The third-order valence-electron chi connectivity index (χ3n) is 4.84. The van der Waals surface area contributed by atoms with Crippen molar-refractivity contribution in [3.63, 3.8) is 0 Å². The molecule has 3 rings (SSSR count). The average molecular weight is 474 g/mol. The Hall–Kier alpha value is -1.06. The van der Waals surface area contributed by atoms with E-state index in [1.165, 1.54) is 6.42 Å². The summed E-state index contributed by atoms with van der Waals surface area (Å²) < 4.78 is 11.4. The molecule has 2 atom stereocenters. The van der Waals surface area contributed by atoms with Crippen molar-refractivity contribution in [3.05, 3.63) is 29.8 Å². The fourth-order valence-electron chi connectivity index (χ4n) is 2.97. The molecule has 0 spiro atoms. The summed E-state index contributed by atoms with van der Waals surface area (Å²) in [5, 5.41) is 6.84. The summed E-state index contributed by atoms with van der Waals surface area (Å²) in [6, 6.07) is 8.77. The molecule has 1 aliphatic heterocycles. The highest BCUT2D eigenvalue weighted by Crippen LogP contribution is 2.28. The van der Waals surface area contributed by atoms with E-state index in [0.29, 0.717) is 19.2 Å². The molecule has 1 saturated heterocycles. The van der Waals surface area contributed by atoms with E-state index in [4.69, 9.17) is 9.47 Å². The maximum absolute atomic E-state index is 6.03. The van der Waals surface area contributed by atoms with Gasteiger partial charge in [0.25, 0.3) is 0 Å². The molecule has 0 bridgehead atoms. The van der Waals surface area contributed by atoms with E-state index in [1.54, 1.807) is 0 Å². The Morgan fingerprint density at radius 1 is 1.31 bits per heavy atom. The van der Waals surface area contributed by atoms with Gasteiger partial charge in [-0.15, -0.1) is 24.0 Å². The lowest BCUT2D eigenvalue weighted by atomic mass is 10.2. The van der Waals surface area contributed by atoms with Gasteiger partial charge in [-0.25, -0.2) is 0 Å². The van der Waals surface area contributed by atoms with Gasteiger partial charge in [0.15, 0.2) is 5.96 Å². The Morgan fingerprint density at radius 2 is 2.04 bits per heavy atom. The molecule has 1 aromatic carbocycles. The molecule has 26 heavy (non-hydrogen) atoms. The molecule has 1 aromatic rings. The molecule has 146 valence electrons. The van der Waals surface area contributed by atoms with Crippen molar-refractivity contribution >= 4 is 29.9 Å². The van der Waals surface area contributed by atoms with Crippen LogP contribution in [0.15, 0.2) is 29.3 Å². The number of rotatable bonds is 7. The van der Waals surface area contributed by atoms with E-state index >= 15 is 0 Å². The van der Waals surface area contributed by atoms with Gasteiger partial charge in [0.05, 0.1) is 13.2 Å². The van der Waals surface area contributed by atoms with Crippen LogP contribution in [0.3, 0.4) is 0 Å². The standard InChI is InChI=1S/C19H30N4O2.HI/c1-15-13-17(15)22-19(20-2)21-14-16-5-3-4-6-18(16)25-12-9-23-7-10-24-11-8-23;/h3-6,15,17H,7-14H2,1-2H3,(H2,20,21,22);1H. The number of ether oxygens (including phenoxy) is 2. The van der Waals surface area contributed by atoms with Crippen LogP contribution in [0.1, 0.15) is 18.9 Å². The first kappa shape index (κ1) is 21.2. The number of hydrogen-bond acceptors (Lipinski definition) is 4. The van der Waals surface area contributed by atoms with Crippen molar-refractivity contribution in [2.45, 2.75) is 25.9 Å². The molecule has 2 N–H and O–H groups in total. The van der Waals surface area contributed by atoms with Crippen LogP contribution in [-0.2, 0) is 11.3 Å². The van der Waals surface area contributed by atoms with Gasteiger partial charge in [0.2, 0.25) is 0 Å². The lowest BCUT2D eigenvalue weighted by Gasteiger charge is -2.26. The lowest BCUT2D eigenvalue weighted by molar-refractivity contribution is 0.0322. The second kappa shape index (κ2) is 10.9. The fourth-order valence-corrected chi connectivity index (χ4v) is 2.97. The van der Waals surface area contributed by atoms with Crippen LogP contribution in [0, 0.1) is 5.92 Å². The lowest BCUT2D eigenvalue weighted by Crippen LogP contribution is -2.39. The minimum atomic E-state index is 0. The Labute approximate surface area is 173 Å². The van der Waals surface area contributed by atoms with E-state index in [1.807, 2.05) is 25.2 Å². The van der Waals surface area contributed by atoms with Crippen LogP contribution < -0.4 is 15.4 Å². The van der Waals surface area contributed by atoms with E-state index in [-0.39, 0.29) is 24.0 Å². The topological polar surface area (TPSA) is 58.1 Å². The smallest absolute Gasteiger partial charge is 0.191 e. The number of nitrogens with zero attached hydrogens (tertiary/aromatic N) is 2. The minimum Gasteiger partial charge on any atom is -0.492 e. The van der Waals surface area contributed by atoms with Gasteiger partial charge < -0.3 is 20.1 Å². The Bertz CT molecular complexity index is 578. The SMILES string of the molecule is CN=C(NCc1ccccc1OCCN1CCOCC1)NC1CC1C.I. The van der Waals surface area contributed by atoms with Crippen LogP contribution in [0.25, 0.3) is 0 Å². The minimum absolute atomic E-state index is 0. The molecule has 0 aromatic heterocycles. The molecule has 2 fully saturated rings. The van der Waals surface area contributed by atoms with Crippen LogP contribution in [-0.4, -0.2) is 63.4 Å². The van der Waals surface area contributed by atoms with Crippen LogP contribution >= 0.6 is 24.0 Å². The van der Waals surface area contributed by atoms with Crippen molar-refractivity contribution < 1.29 is 9.47 Å². The van der Waals surface area contributed by atoms with E-state index in [2.05, 4.69) is 33.5 Å².